The minimum atomic E-state index is -0.407. The van der Waals surface area contributed by atoms with Gasteiger partial charge >= 0.3 is 0 Å². The molecule has 1 amide bonds. The molecule has 0 aliphatic heterocycles. The van der Waals surface area contributed by atoms with Gasteiger partial charge in [0.15, 0.2) is 16.6 Å². The fourth-order valence-electron chi connectivity index (χ4n) is 2.24. The van der Waals surface area contributed by atoms with Gasteiger partial charge in [-0.1, -0.05) is 23.5 Å². The number of thiazole rings is 1. The number of nitrogens with zero attached hydrogens (tertiary/aromatic N) is 1. The van der Waals surface area contributed by atoms with Gasteiger partial charge in [-0.2, -0.15) is 0 Å². The Morgan fingerprint density at radius 1 is 1.20 bits per heavy atom. The summed E-state index contributed by atoms with van der Waals surface area (Å²) in [6, 6.07) is 10.0. The van der Waals surface area contributed by atoms with Gasteiger partial charge in [-0.3, -0.25) is 10.1 Å². The Labute approximate surface area is 147 Å². The summed E-state index contributed by atoms with van der Waals surface area (Å²) >= 11 is 1.22. The number of halogens is 1. The lowest BCUT2D eigenvalue weighted by Crippen LogP contribution is -2.07. The number of nitrogens with one attached hydrogen (secondary N) is 1. The van der Waals surface area contributed by atoms with E-state index < -0.39 is 5.82 Å². The number of amides is 1. The van der Waals surface area contributed by atoms with Crippen molar-refractivity contribution in [3.05, 3.63) is 53.9 Å². The summed E-state index contributed by atoms with van der Waals surface area (Å²) in [5.41, 5.74) is 1.04. The Bertz CT molecular complexity index is 953. The van der Waals surface area contributed by atoms with Gasteiger partial charge in [0.2, 0.25) is 5.91 Å². The lowest BCUT2D eigenvalue weighted by Gasteiger charge is -2.07. The number of benzene rings is 2. The minimum absolute atomic E-state index is 0.256. The lowest BCUT2D eigenvalue weighted by atomic mass is 10.2. The van der Waals surface area contributed by atoms with Crippen LogP contribution in [0.5, 0.6) is 11.5 Å². The first-order chi connectivity index (χ1) is 12.1. The number of anilines is 1. The molecule has 0 radical (unpaired) electrons. The third-order valence-corrected chi connectivity index (χ3v) is 4.37. The second-order valence-corrected chi connectivity index (χ2v) is 6.07. The molecule has 1 aromatic heterocycles. The van der Waals surface area contributed by atoms with Crippen LogP contribution in [0.4, 0.5) is 9.52 Å². The highest BCUT2D eigenvalue weighted by atomic mass is 32.1. The molecule has 7 heteroatoms. The minimum Gasteiger partial charge on any atom is -0.493 e. The zero-order valence-corrected chi connectivity index (χ0v) is 14.4. The Morgan fingerprint density at radius 3 is 2.72 bits per heavy atom. The molecule has 1 heterocycles. The summed E-state index contributed by atoms with van der Waals surface area (Å²) in [6.07, 6.45) is 3.02. The van der Waals surface area contributed by atoms with Crippen LogP contribution in [0.1, 0.15) is 5.56 Å². The van der Waals surface area contributed by atoms with Crippen LogP contribution < -0.4 is 14.8 Å². The first-order valence-corrected chi connectivity index (χ1v) is 8.18. The lowest BCUT2D eigenvalue weighted by molar-refractivity contribution is -0.111. The van der Waals surface area contributed by atoms with Crippen molar-refractivity contribution in [1.29, 1.82) is 0 Å². The van der Waals surface area contributed by atoms with E-state index in [9.17, 15) is 9.18 Å². The summed E-state index contributed by atoms with van der Waals surface area (Å²) < 4.78 is 24.7. The van der Waals surface area contributed by atoms with E-state index in [1.807, 2.05) is 0 Å². The smallest absolute Gasteiger partial charge is 0.250 e. The molecule has 0 unspecified atom stereocenters. The molecule has 3 rings (SSSR count). The maximum absolute atomic E-state index is 13.6. The number of hydrogen-bond acceptors (Lipinski definition) is 5. The van der Waals surface area contributed by atoms with Crippen molar-refractivity contribution in [2.45, 2.75) is 0 Å². The van der Waals surface area contributed by atoms with Crippen molar-refractivity contribution in [3.63, 3.8) is 0 Å². The van der Waals surface area contributed by atoms with Gasteiger partial charge in [0.25, 0.3) is 0 Å². The van der Waals surface area contributed by atoms with Crippen molar-refractivity contribution in [3.8, 4) is 11.5 Å². The van der Waals surface area contributed by atoms with Gasteiger partial charge in [0.1, 0.15) is 11.3 Å². The number of carbonyl (C=O) groups is 1. The van der Waals surface area contributed by atoms with Crippen LogP contribution in [0.2, 0.25) is 0 Å². The maximum Gasteiger partial charge on any atom is 0.250 e. The predicted molar refractivity (Wildman–Crippen MR) is 96.8 cm³/mol. The van der Waals surface area contributed by atoms with E-state index in [0.29, 0.717) is 21.3 Å². The largest absolute Gasteiger partial charge is 0.493 e. The summed E-state index contributed by atoms with van der Waals surface area (Å²) in [5, 5.41) is 2.99. The number of rotatable bonds is 5. The van der Waals surface area contributed by atoms with E-state index in [4.69, 9.17) is 9.47 Å². The quantitative estimate of drug-likeness (QED) is 0.698. The van der Waals surface area contributed by atoms with Crippen LogP contribution >= 0.6 is 11.3 Å². The topological polar surface area (TPSA) is 60.5 Å². The number of aromatic nitrogens is 1. The molecule has 128 valence electrons. The first-order valence-electron chi connectivity index (χ1n) is 7.37. The third-order valence-electron chi connectivity index (χ3n) is 3.43. The summed E-state index contributed by atoms with van der Waals surface area (Å²) in [5.74, 6) is 0.427. The number of hydrogen-bond donors (Lipinski definition) is 1. The van der Waals surface area contributed by atoms with Gasteiger partial charge in [-0.15, -0.1) is 0 Å². The molecule has 1 N–H and O–H groups in total. The van der Waals surface area contributed by atoms with Crippen molar-refractivity contribution in [2.75, 3.05) is 19.5 Å². The normalized spacial score (nSPS) is 11.0. The number of ether oxygens (including phenoxy) is 2. The molecular weight excluding hydrogens is 343 g/mol. The standard InChI is InChI=1S/C18H15FN2O3S/c1-23-13-8-6-11(10-14(13)24-2)7-9-16(22)20-18-21-17-12(19)4-3-5-15(17)25-18/h3-10H,1-2H3,(H,20,21,22)/b9-7+. The zero-order chi connectivity index (χ0) is 17.8. The number of para-hydroxylation sites is 1. The summed E-state index contributed by atoms with van der Waals surface area (Å²) in [6.45, 7) is 0. The average Bonchev–Trinajstić information content (AvgIpc) is 3.03. The molecule has 0 aliphatic rings. The molecule has 0 fully saturated rings. The summed E-state index contributed by atoms with van der Waals surface area (Å²) in [4.78, 5) is 16.1. The second-order valence-electron chi connectivity index (χ2n) is 5.04. The van der Waals surface area contributed by atoms with Gasteiger partial charge in [0.05, 0.1) is 18.9 Å². The van der Waals surface area contributed by atoms with E-state index in [-0.39, 0.29) is 11.4 Å². The predicted octanol–water partition coefficient (Wildman–Crippen LogP) is 4.10. The molecule has 0 bridgehead atoms. The Morgan fingerprint density at radius 2 is 2.00 bits per heavy atom. The molecule has 3 aromatic rings. The average molecular weight is 358 g/mol. The van der Waals surface area contributed by atoms with Crippen LogP contribution in [-0.2, 0) is 4.79 Å². The zero-order valence-electron chi connectivity index (χ0n) is 13.6. The monoisotopic (exact) mass is 358 g/mol. The van der Waals surface area contributed by atoms with E-state index in [0.717, 1.165) is 5.56 Å². The van der Waals surface area contributed by atoms with Crippen LogP contribution in [0.15, 0.2) is 42.5 Å². The van der Waals surface area contributed by atoms with Crippen LogP contribution in [0, 0.1) is 5.82 Å². The van der Waals surface area contributed by atoms with E-state index in [2.05, 4.69) is 10.3 Å². The van der Waals surface area contributed by atoms with Gasteiger partial charge in [0, 0.05) is 6.08 Å². The third kappa shape index (κ3) is 3.77. The fourth-order valence-corrected chi connectivity index (χ4v) is 3.13. The van der Waals surface area contributed by atoms with Crippen molar-refractivity contribution in [2.24, 2.45) is 0 Å². The van der Waals surface area contributed by atoms with Crippen LogP contribution in [-0.4, -0.2) is 25.1 Å². The molecule has 0 saturated carbocycles. The number of methoxy groups -OCH3 is 2. The molecular formula is C18H15FN2O3S. The molecule has 2 aromatic carbocycles. The maximum atomic E-state index is 13.6. The number of carbonyl (C=O) groups excluding carboxylic acids is 1. The Balaban J connectivity index is 1.73. The van der Waals surface area contributed by atoms with E-state index in [1.165, 1.54) is 23.5 Å². The van der Waals surface area contributed by atoms with Gasteiger partial charge in [-0.25, -0.2) is 9.37 Å². The van der Waals surface area contributed by atoms with Gasteiger partial charge in [-0.05, 0) is 35.9 Å². The highest BCUT2D eigenvalue weighted by Crippen LogP contribution is 2.29. The van der Waals surface area contributed by atoms with E-state index >= 15 is 0 Å². The van der Waals surface area contributed by atoms with Gasteiger partial charge < -0.3 is 9.47 Å². The molecule has 0 aliphatic carbocycles. The van der Waals surface area contributed by atoms with Crippen LogP contribution in [0.3, 0.4) is 0 Å². The first kappa shape index (κ1) is 16.9. The highest BCUT2D eigenvalue weighted by molar-refractivity contribution is 7.22. The Hall–Kier alpha value is -2.93. The molecule has 25 heavy (non-hydrogen) atoms. The molecule has 0 atom stereocenters. The molecule has 5 nitrogen and oxygen atoms in total. The van der Waals surface area contributed by atoms with Crippen LogP contribution in [0.25, 0.3) is 16.3 Å². The number of fused-ring (bicyclic) bond motifs is 1. The fraction of sp³-hybridized carbons (Fsp3) is 0.111. The molecule has 0 saturated heterocycles. The van der Waals surface area contributed by atoms with E-state index in [1.54, 1.807) is 50.6 Å². The molecule has 0 spiro atoms. The van der Waals surface area contributed by atoms with Crippen molar-refractivity contribution >= 4 is 38.7 Å². The highest BCUT2D eigenvalue weighted by Gasteiger charge is 2.09. The van der Waals surface area contributed by atoms with Crippen molar-refractivity contribution < 1.29 is 18.7 Å². The summed E-state index contributed by atoms with van der Waals surface area (Å²) in [7, 11) is 3.10. The SMILES string of the molecule is COc1ccc(/C=C/C(=O)Nc2nc3c(F)cccc3s2)cc1OC. The second kappa shape index (κ2) is 7.31. The van der Waals surface area contributed by atoms with Crippen molar-refractivity contribution in [1.82, 2.24) is 4.98 Å². The Kier molecular flexibility index (Phi) is 4.95.